The summed E-state index contributed by atoms with van der Waals surface area (Å²) in [5, 5.41) is 3.02. The topological polar surface area (TPSA) is 12.0 Å². The summed E-state index contributed by atoms with van der Waals surface area (Å²) in [6, 6.07) is 3.05. The van der Waals surface area contributed by atoms with Crippen LogP contribution in [0.4, 0.5) is 10.1 Å². The van der Waals surface area contributed by atoms with Gasteiger partial charge >= 0.3 is 0 Å². The van der Waals surface area contributed by atoms with E-state index in [2.05, 4.69) is 5.32 Å². The van der Waals surface area contributed by atoms with Gasteiger partial charge < -0.3 is 5.32 Å². The summed E-state index contributed by atoms with van der Waals surface area (Å²) in [4.78, 5) is 0. The molecule has 0 unspecified atom stereocenters. The van der Waals surface area contributed by atoms with Crippen LogP contribution < -0.4 is 5.32 Å². The Morgan fingerprint density at radius 3 is 2.00 bits per heavy atom. The Balaban J connectivity index is 3.25. The first-order valence-electron chi connectivity index (χ1n) is 3.59. The molecular weight excluding hydrogens is 141 g/mol. The van der Waals surface area contributed by atoms with E-state index in [1.54, 1.807) is 0 Å². The summed E-state index contributed by atoms with van der Waals surface area (Å²) in [5.41, 5.74) is 2.92. The Morgan fingerprint density at radius 1 is 1.18 bits per heavy atom. The third-order valence-corrected chi connectivity index (χ3v) is 1.75. The predicted molar refractivity (Wildman–Crippen MR) is 45.4 cm³/mol. The second-order valence-corrected chi connectivity index (χ2v) is 2.66. The minimum Gasteiger partial charge on any atom is -0.388 e. The molecule has 0 amide bonds. The van der Waals surface area contributed by atoms with E-state index in [0.717, 1.165) is 16.8 Å². The summed E-state index contributed by atoms with van der Waals surface area (Å²) in [5.74, 6) is -0.168. The van der Waals surface area contributed by atoms with Crippen LogP contribution in [0.3, 0.4) is 0 Å². The van der Waals surface area contributed by atoms with Crippen LogP contribution in [-0.2, 0) is 0 Å². The Hall–Kier alpha value is -1.05. The van der Waals surface area contributed by atoms with Gasteiger partial charge in [0.1, 0.15) is 5.82 Å². The number of benzene rings is 1. The fraction of sp³-hybridized carbons (Fsp3) is 0.333. The van der Waals surface area contributed by atoms with Gasteiger partial charge in [0.25, 0.3) is 0 Å². The average Bonchev–Trinajstić information content (AvgIpc) is 1.85. The third-order valence-electron chi connectivity index (χ3n) is 1.75. The molecule has 0 saturated carbocycles. The van der Waals surface area contributed by atoms with Crippen molar-refractivity contribution in [3.63, 3.8) is 0 Å². The second kappa shape index (κ2) is 2.91. The quantitative estimate of drug-likeness (QED) is 0.653. The molecule has 1 nitrogen and oxygen atoms in total. The molecule has 1 rings (SSSR count). The van der Waals surface area contributed by atoms with Crippen molar-refractivity contribution in [2.45, 2.75) is 13.8 Å². The van der Waals surface area contributed by atoms with Crippen LogP contribution in [0.2, 0.25) is 0 Å². The molecule has 0 aliphatic heterocycles. The Labute approximate surface area is 66.2 Å². The van der Waals surface area contributed by atoms with Crippen LogP contribution in [0.15, 0.2) is 12.1 Å². The van der Waals surface area contributed by atoms with E-state index in [-0.39, 0.29) is 5.82 Å². The van der Waals surface area contributed by atoms with Crippen LogP contribution in [0.5, 0.6) is 0 Å². The fourth-order valence-electron chi connectivity index (χ4n) is 1.31. The molecule has 0 aromatic heterocycles. The highest BCUT2D eigenvalue weighted by Gasteiger charge is 2.01. The number of aryl methyl sites for hydroxylation is 2. The van der Waals surface area contributed by atoms with E-state index in [0.29, 0.717) is 0 Å². The molecule has 0 bridgehead atoms. The zero-order valence-electron chi connectivity index (χ0n) is 7.03. The first-order chi connectivity index (χ1) is 5.15. The molecule has 0 radical (unpaired) electrons. The van der Waals surface area contributed by atoms with Crippen molar-refractivity contribution < 1.29 is 4.39 Å². The first-order valence-corrected chi connectivity index (χ1v) is 3.59. The molecule has 60 valence electrons. The van der Waals surface area contributed by atoms with Crippen molar-refractivity contribution in [1.82, 2.24) is 0 Å². The van der Waals surface area contributed by atoms with Crippen molar-refractivity contribution in [3.8, 4) is 0 Å². The highest BCUT2D eigenvalue weighted by atomic mass is 19.1. The molecule has 0 saturated heterocycles. The van der Waals surface area contributed by atoms with Crippen LogP contribution in [0.25, 0.3) is 0 Å². The van der Waals surface area contributed by atoms with Gasteiger partial charge in [0.15, 0.2) is 0 Å². The van der Waals surface area contributed by atoms with E-state index in [4.69, 9.17) is 0 Å². The summed E-state index contributed by atoms with van der Waals surface area (Å²) < 4.78 is 12.7. The van der Waals surface area contributed by atoms with Crippen LogP contribution in [0.1, 0.15) is 11.1 Å². The monoisotopic (exact) mass is 153 g/mol. The van der Waals surface area contributed by atoms with Gasteiger partial charge in [0.05, 0.1) is 0 Å². The lowest BCUT2D eigenvalue weighted by atomic mass is 10.1. The maximum atomic E-state index is 12.7. The normalized spacial score (nSPS) is 9.82. The van der Waals surface area contributed by atoms with Gasteiger partial charge in [-0.25, -0.2) is 4.39 Å². The molecule has 0 heterocycles. The highest BCUT2D eigenvalue weighted by molar-refractivity contribution is 5.56. The van der Waals surface area contributed by atoms with E-state index in [1.807, 2.05) is 20.9 Å². The van der Waals surface area contributed by atoms with E-state index in [1.165, 1.54) is 12.1 Å². The van der Waals surface area contributed by atoms with Gasteiger partial charge in [-0.1, -0.05) is 0 Å². The Morgan fingerprint density at radius 2 is 1.64 bits per heavy atom. The average molecular weight is 153 g/mol. The molecule has 1 N–H and O–H groups in total. The Kier molecular flexibility index (Phi) is 2.13. The van der Waals surface area contributed by atoms with Crippen molar-refractivity contribution in [2.75, 3.05) is 12.4 Å². The summed E-state index contributed by atoms with van der Waals surface area (Å²) in [6.45, 7) is 3.78. The first kappa shape index (κ1) is 8.05. The molecule has 0 atom stereocenters. The SMILES string of the molecule is CNc1c(C)cc(F)cc1C. The lowest BCUT2D eigenvalue weighted by molar-refractivity contribution is 0.625. The van der Waals surface area contributed by atoms with Gasteiger partial charge in [0, 0.05) is 12.7 Å². The highest BCUT2D eigenvalue weighted by Crippen LogP contribution is 2.20. The Bertz CT molecular complexity index is 245. The number of hydrogen-bond acceptors (Lipinski definition) is 1. The number of nitrogens with one attached hydrogen (secondary N) is 1. The van der Waals surface area contributed by atoms with Crippen molar-refractivity contribution in [3.05, 3.63) is 29.1 Å². The maximum Gasteiger partial charge on any atom is 0.123 e. The summed E-state index contributed by atoms with van der Waals surface area (Å²) in [6.07, 6.45) is 0. The molecule has 0 aliphatic rings. The van der Waals surface area contributed by atoms with E-state index in [9.17, 15) is 4.39 Å². The molecule has 0 fully saturated rings. The predicted octanol–water partition coefficient (Wildman–Crippen LogP) is 2.48. The fourth-order valence-corrected chi connectivity index (χ4v) is 1.31. The van der Waals surface area contributed by atoms with E-state index >= 15 is 0 Å². The molecule has 1 aromatic carbocycles. The number of halogens is 1. The molecule has 11 heavy (non-hydrogen) atoms. The van der Waals surface area contributed by atoms with Gasteiger partial charge in [0.2, 0.25) is 0 Å². The molecule has 0 spiro atoms. The minimum absolute atomic E-state index is 0.168. The van der Waals surface area contributed by atoms with Gasteiger partial charge in [-0.05, 0) is 37.1 Å². The maximum absolute atomic E-state index is 12.7. The minimum atomic E-state index is -0.168. The third kappa shape index (κ3) is 1.50. The van der Waals surface area contributed by atoms with Gasteiger partial charge in [-0.15, -0.1) is 0 Å². The number of rotatable bonds is 1. The second-order valence-electron chi connectivity index (χ2n) is 2.66. The van der Waals surface area contributed by atoms with Crippen molar-refractivity contribution >= 4 is 5.69 Å². The van der Waals surface area contributed by atoms with Crippen molar-refractivity contribution in [2.24, 2.45) is 0 Å². The largest absolute Gasteiger partial charge is 0.388 e. The zero-order chi connectivity index (χ0) is 8.43. The summed E-state index contributed by atoms with van der Waals surface area (Å²) in [7, 11) is 1.84. The van der Waals surface area contributed by atoms with Gasteiger partial charge in [-0.2, -0.15) is 0 Å². The number of hydrogen-bond donors (Lipinski definition) is 1. The molecule has 2 heteroatoms. The molecule has 0 aliphatic carbocycles. The van der Waals surface area contributed by atoms with Crippen LogP contribution in [-0.4, -0.2) is 7.05 Å². The van der Waals surface area contributed by atoms with Crippen molar-refractivity contribution in [1.29, 1.82) is 0 Å². The van der Waals surface area contributed by atoms with Crippen LogP contribution >= 0.6 is 0 Å². The smallest absolute Gasteiger partial charge is 0.123 e. The lowest BCUT2D eigenvalue weighted by Crippen LogP contribution is -1.95. The number of anilines is 1. The van der Waals surface area contributed by atoms with Gasteiger partial charge in [-0.3, -0.25) is 0 Å². The van der Waals surface area contributed by atoms with Crippen LogP contribution in [0, 0.1) is 19.7 Å². The zero-order valence-corrected chi connectivity index (χ0v) is 7.03. The lowest BCUT2D eigenvalue weighted by Gasteiger charge is -2.08. The molecule has 1 aromatic rings. The molecular formula is C9H12FN. The standard InChI is InChI=1S/C9H12FN/c1-6-4-8(10)5-7(2)9(6)11-3/h4-5,11H,1-3H3. The van der Waals surface area contributed by atoms with E-state index < -0.39 is 0 Å². The summed E-state index contributed by atoms with van der Waals surface area (Å²) >= 11 is 0.